The molecule has 0 aromatic rings. The van der Waals surface area contributed by atoms with Crippen LogP contribution in [-0.4, -0.2) is 13.1 Å². The molecule has 0 heterocycles. The third-order valence-electron chi connectivity index (χ3n) is 4.19. The molecule has 1 saturated carbocycles. The van der Waals surface area contributed by atoms with Gasteiger partial charge >= 0.3 is 0 Å². The second-order valence-corrected chi connectivity index (χ2v) is 5.61. The number of nitrogens with one attached hydrogen (secondary N) is 1. The van der Waals surface area contributed by atoms with E-state index in [0.717, 1.165) is 17.9 Å². The summed E-state index contributed by atoms with van der Waals surface area (Å²) in [6.45, 7) is 9.43. The van der Waals surface area contributed by atoms with E-state index in [9.17, 15) is 0 Å². The van der Waals surface area contributed by atoms with Gasteiger partial charge in [-0.25, -0.2) is 0 Å². The molecule has 1 N–H and O–H groups in total. The summed E-state index contributed by atoms with van der Waals surface area (Å²) in [5.41, 5.74) is 0.611. The smallest absolute Gasteiger partial charge is 0.0100 e. The van der Waals surface area contributed by atoms with Crippen LogP contribution >= 0.6 is 0 Å². The van der Waals surface area contributed by atoms with Crippen molar-refractivity contribution < 1.29 is 0 Å². The van der Waals surface area contributed by atoms with Crippen molar-refractivity contribution in [3.63, 3.8) is 0 Å². The fourth-order valence-corrected chi connectivity index (χ4v) is 2.66. The third kappa shape index (κ3) is 2.73. The topological polar surface area (TPSA) is 12.0 Å². The van der Waals surface area contributed by atoms with Crippen molar-refractivity contribution in [2.75, 3.05) is 7.05 Å². The number of hydrogen-bond acceptors (Lipinski definition) is 1. The van der Waals surface area contributed by atoms with E-state index >= 15 is 0 Å². The minimum Gasteiger partial charge on any atom is -0.317 e. The standard InChI is InChI=1S/C13H27N/c1-6-10(7-2)8-12(14-5)11-9-13(11,3)4/h10-12,14H,6-9H2,1-5H3. The average molecular weight is 197 g/mol. The summed E-state index contributed by atoms with van der Waals surface area (Å²) in [5.74, 6) is 1.84. The van der Waals surface area contributed by atoms with Gasteiger partial charge in [0.15, 0.2) is 0 Å². The van der Waals surface area contributed by atoms with E-state index in [1.54, 1.807) is 0 Å². The lowest BCUT2D eigenvalue weighted by Crippen LogP contribution is -2.31. The first kappa shape index (κ1) is 12.0. The van der Waals surface area contributed by atoms with Gasteiger partial charge in [-0.15, -0.1) is 0 Å². The Balaban J connectivity index is 2.40. The molecule has 14 heavy (non-hydrogen) atoms. The zero-order valence-corrected chi connectivity index (χ0v) is 10.6. The molecular weight excluding hydrogens is 170 g/mol. The van der Waals surface area contributed by atoms with Crippen molar-refractivity contribution in [1.29, 1.82) is 0 Å². The van der Waals surface area contributed by atoms with Gasteiger partial charge < -0.3 is 5.32 Å². The lowest BCUT2D eigenvalue weighted by atomic mass is 9.90. The molecule has 0 amide bonds. The van der Waals surface area contributed by atoms with Gasteiger partial charge in [0.1, 0.15) is 0 Å². The molecule has 0 aromatic heterocycles. The Labute approximate surface area is 89.7 Å². The zero-order chi connectivity index (χ0) is 10.8. The molecule has 0 radical (unpaired) electrons. The molecule has 84 valence electrons. The summed E-state index contributed by atoms with van der Waals surface area (Å²) in [5, 5.41) is 3.52. The number of hydrogen-bond donors (Lipinski definition) is 1. The van der Waals surface area contributed by atoms with E-state index in [-0.39, 0.29) is 0 Å². The van der Waals surface area contributed by atoms with Gasteiger partial charge in [-0.2, -0.15) is 0 Å². The highest BCUT2D eigenvalue weighted by Gasteiger charge is 2.49. The van der Waals surface area contributed by atoms with Gasteiger partial charge in [-0.1, -0.05) is 40.5 Å². The lowest BCUT2D eigenvalue weighted by Gasteiger charge is -2.22. The van der Waals surface area contributed by atoms with Crippen LogP contribution in [0.4, 0.5) is 0 Å². The lowest BCUT2D eigenvalue weighted by molar-refractivity contribution is 0.329. The Morgan fingerprint density at radius 1 is 1.29 bits per heavy atom. The Morgan fingerprint density at radius 3 is 2.07 bits per heavy atom. The van der Waals surface area contributed by atoms with Crippen molar-refractivity contribution in [2.45, 2.75) is 59.4 Å². The van der Waals surface area contributed by atoms with Crippen LogP contribution in [0.15, 0.2) is 0 Å². The molecule has 2 atom stereocenters. The van der Waals surface area contributed by atoms with Crippen molar-refractivity contribution >= 4 is 0 Å². The summed E-state index contributed by atoms with van der Waals surface area (Å²) >= 11 is 0. The summed E-state index contributed by atoms with van der Waals surface area (Å²) in [7, 11) is 2.13. The predicted octanol–water partition coefficient (Wildman–Crippen LogP) is 3.45. The molecule has 1 heteroatoms. The maximum atomic E-state index is 3.52. The van der Waals surface area contributed by atoms with Gasteiger partial charge in [0.25, 0.3) is 0 Å². The fraction of sp³-hybridized carbons (Fsp3) is 1.00. The molecule has 0 spiro atoms. The summed E-state index contributed by atoms with van der Waals surface area (Å²) in [6.07, 6.45) is 5.46. The minimum absolute atomic E-state index is 0.611. The van der Waals surface area contributed by atoms with Crippen LogP contribution in [0.3, 0.4) is 0 Å². The molecule has 0 saturated heterocycles. The van der Waals surface area contributed by atoms with Gasteiger partial charge in [-0.3, -0.25) is 0 Å². The monoisotopic (exact) mass is 197 g/mol. The quantitative estimate of drug-likeness (QED) is 0.688. The van der Waals surface area contributed by atoms with Crippen LogP contribution in [0.25, 0.3) is 0 Å². The molecule has 1 nitrogen and oxygen atoms in total. The first-order chi connectivity index (χ1) is 6.55. The maximum Gasteiger partial charge on any atom is 0.0100 e. The predicted molar refractivity (Wildman–Crippen MR) is 63.4 cm³/mol. The Morgan fingerprint density at radius 2 is 1.79 bits per heavy atom. The van der Waals surface area contributed by atoms with E-state index in [1.807, 2.05) is 0 Å². The second kappa shape index (κ2) is 4.65. The van der Waals surface area contributed by atoms with Crippen molar-refractivity contribution in [3.8, 4) is 0 Å². The summed E-state index contributed by atoms with van der Waals surface area (Å²) in [6, 6.07) is 0.759. The van der Waals surface area contributed by atoms with Crippen LogP contribution in [-0.2, 0) is 0 Å². The van der Waals surface area contributed by atoms with Crippen LogP contribution in [0.1, 0.15) is 53.4 Å². The van der Waals surface area contributed by atoms with E-state index in [4.69, 9.17) is 0 Å². The van der Waals surface area contributed by atoms with Gasteiger partial charge in [0, 0.05) is 6.04 Å². The summed E-state index contributed by atoms with van der Waals surface area (Å²) < 4.78 is 0. The van der Waals surface area contributed by atoms with Crippen LogP contribution < -0.4 is 5.32 Å². The Hall–Kier alpha value is -0.0400. The normalized spacial score (nSPS) is 26.6. The maximum absolute atomic E-state index is 3.52. The van der Waals surface area contributed by atoms with E-state index in [1.165, 1.54) is 25.7 Å². The van der Waals surface area contributed by atoms with Crippen LogP contribution in [0.5, 0.6) is 0 Å². The third-order valence-corrected chi connectivity index (χ3v) is 4.19. The molecule has 1 fully saturated rings. The molecule has 0 aromatic carbocycles. The first-order valence-corrected chi connectivity index (χ1v) is 6.22. The average Bonchev–Trinajstić information content (AvgIpc) is 2.77. The van der Waals surface area contributed by atoms with Crippen molar-refractivity contribution in [3.05, 3.63) is 0 Å². The zero-order valence-electron chi connectivity index (χ0n) is 10.6. The van der Waals surface area contributed by atoms with Crippen LogP contribution in [0.2, 0.25) is 0 Å². The summed E-state index contributed by atoms with van der Waals surface area (Å²) in [4.78, 5) is 0. The van der Waals surface area contributed by atoms with Gasteiger partial charge in [0.2, 0.25) is 0 Å². The van der Waals surface area contributed by atoms with Gasteiger partial charge in [-0.05, 0) is 37.1 Å². The molecule has 1 rings (SSSR count). The van der Waals surface area contributed by atoms with Crippen LogP contribution in [0, 0.1) is 17.3 Å². The highest BCUT2D eigenvalue weighted by Crippen LogP contribution is 2.54. The van der Waals surface area contributed by atoms with E-state index < -0.39 is 0 Å². The largest absolute Gasteiger partial charge is 0.317 e. The first-order valence-electron chi connectivity index (χ1n) is 6.22. The second-order valence-electron chi connectivity index (χ2n) is 5.61. The fourth-order valence-electron chi connectivity index (χ4n) is 2.66. The minimum atomic E-state index is 0.611. The van der Waals surface area contributed by atoms with E-state index in [2.05, 4.69) is 40.1 Å². The van der Waals surface area contributed by atoms with Crippen molar-refractivity contribution in [2.24, 2.45) is 17.3 Å². The van der Waals surface area contributed by atoms with Gasteiger partial charge in [0.05, 0.1) is 0 Å². The molecular formula is C13H27N. The molecule has 2 unspecified atom stereocenters. The molecule has 1 aliphatic carbocycles. The highest BCUT2D eigenvalue weighted by molar-refractivity contribution is 5.01. The Bertz CT molecular complexity index is 170. The van der Waals surface area contributed by atoms with Crippen molar-refractivity contribution in [1.82, 2.24) is 5.32 Å². The molecule has 0 aliphatic heterocycles. The SMILES string of the molecule is CCC(CC)CC(NC)C1CC1(C)C. The van der Waals surface area contributed by atoms with E-state index in [0.29, 0.717) is 5.41 Å². The molecule has 1 aliphatic rings. The number of rotatable bonds is 6. The Kier molecular flexibility index (Phi) is 4.00. The highest BCUT2D eigenvalue weighted by atomic mass is 14.9. The molecule has 0 bridgehead atoms.